The zero-order chi connectivity index (χ0) is 21.5. The van der Waals surface area contributed by atoms with Crippen molar-refractivity contribution < 1.29 is 9.59 Å². The molecule has 1 aliphatic heterocycles. The number of hydrogen-bond acceptors (Lipinski definition) is 6. The van der Waals surface area contributed by atoms with Gasteiger partial charge in [0.2, 0.25) is 5.91 Å². The molecule has 2 aromatic heterocycles. The number of halogens is 1. The molecule has 2 fully saturated rings. The summed E-state index contributed by atoms with van der Waals surface area (Å²) in [6.07, 6.45) is 5.82. The van der Waals surface area contributed by atoms with E-state index in [2.05, 4.69) is 28.0 Å². The van der Waals surface area contributed by atoms with Crippen molar-refractivity contribution in [3.63, 3.8) is 0 Å². The minimum absolute atomic E-state index is 0. The highest BCUT2D eigenvalue weighted by Gasteiger charge is 2.29. The zero-order valence-corrected chi connectivity index (χ0v) is 17.6. The predicted molar refractivity (Wildman–Crippen MR) is 126 cm³/mol. The lowest BCUT2D eigenvalue weighted by molar-refractivity contribution is -0.124. The number of nitrogens with one attached hydrogen (secondary N) is 3. The molecule has 0 radical (unpaired) electrons. The normalized spacial score (nSPS) is 17.9. The lowest BCUT2D eigenvalue weighted by Crippen LogP contribution is -2.20. The SMILES string of the molecule is C.C[C@@H](Nc1cc(Nc2cccc(Cl)c2)nc2c(/C=C3\CC(=O)NC3=O)cnn12)C1CC1. The number of amides is 2. The molecule has 2 amide bonds. The fourth-order valence-electron chi connectivity index (χ4n) is 3.72. The number of rotatable bonds is 6. The maximum absolute atomic E-state index is 12.0. The summed E-state index contributed by atoms with van der Waals surface area (Å²) in [5, 5.41) is 14.2. The largest absolute Gasteiger partial charge is 0.367 e. The molecule has 1 saturated carbocycles. The molecular weight excluding hydrogens is 428 g/mol. The van der Waals surface area contributed by atoms with Gasteiger partial charge in [0.25, 0.3) is 5.91 Å². The summed E-state index contributed by atoms with van der Waals surface area (Å²) < 4.78 is 1.73. The average molecular weight is 453 g/mol. The van der Waals surface area contributed by atoms with Gasteiger partial charge < -0.3 is 10.6 Å². The van der Waals surface area contributed by atoms with Crippen LogP contribution in [0.3, 0.4) is 0 Å². The number of carbonyl (C=O) groups excluding carboxylic acids is 2. The number of imide groups is 1. The van der Waals surface area contributed by atoms with Crippen molar-refractivity contribution in [2.45, 2.75) is 39.7 Å². The van der Waals surface area contributed by atoms with E-state index in [0.717, 1.165) is 11.5 Å². The van der Waals surface area contributed by atoms with E-state index in [1.165, 1.54) is 12.8 Å². The Kier molecular flexibility index (Phi) is 5.88. The number of hydrogen-bond donors (Lipinski definition) is 3. The second kappa shape index (κ2) is 8.63. The standard InChI is InChI=1S/C22H21ClN6O2.CH4/c1-12(13-5-6-13)25-19-10-18(26-17-4-2-3-16(23)9-17)27-21-15(11-24-29(19)21)7-14-8-20(30)28-22(14)31;/h2-4,7,9-13,25H,5-6,8H2,1H3,(H,26,27)(H,28,30,31);1H4/b14-7+;/t12-;/m1./s1. The van der Waals surface area contributed by atoms with Crippen LogP contribution in [0.4, 0.5) is 17.3 Å². The monoisotopic (exact) mass is 452 g/mol. The Hall–Kier alpha value is -3.39. The van der Waals surface area contributed by atoms with E-state index in [0.29, 0.717) is 39.6 Å². The molecule has 1 aliphatic carbocycles. The summed E-state index contributed by atoms with van der Waals surface area (Å²) in [6, 6.07) is 9.61. The third-order valence-corrected chi connectivity index (χ3v) is 5.76. The van der Waals surface area contributed by atoms with Gasteiger partial charge in [-0.05, 0) is 50.0 Å². The van der Waals surface area contributed by atoms with E-state index in [4.69, 9.17) is 16.6 Å². The molecule has 0 bridgehead atoms. The first-order chi connectivity index (χ1) is 15.0. The van der Waals surface area contributed by atoms with Gasteiger partial charge in [0.05, 0.1) is 12.6 Å². The first-order valence-corrected chi connectivity index (χ1v) is 10.6. The third kappa shape index (κ3) is 4.45. The highest BCUT2D eigenvalue weighted by molar-refractivity contribution is 6.30. The first-order valence-electron chi connectivity index (χ1n) is 10.2. The Morgan fingerprint density at radius 2 is 2.09 bits per heavy atom. The van der Waals surface area contributed by atoms with Crippen LogP contribution in [0.25, 0.3) is 11.7 Å². The number of benzene rings is 1. The van der Waals surface area contributed by atoms with E-state index in [1.54, 1.807) is 16.8 Å². The molecule has 1 aromatic carbocycles. The van der Waals surface area contributed by atoms with Crippen LogP contribution < -0.4 is 16.0 Å². The van der Waals surface area contributed by atoms with Gasteiger partial charge in [0.15, 0.2) is 5.65 Å². The van der Waals surface area contributed by atoms with Crippen LogP contribution in [0.1, 0.15) is 39.2 Å². The number of aromatic nitrogens is 3. The molecule has 1 saturated heterocycles. The Bertz CT molecular complexity index is 1230. The van der Waals surface area contributed by atoms with Gasteiger partial charge in [-0.15, -0.1) is 0 Å². The van der Waals surface area contributed by atoms with Gasteiger partial charge >= 0.3 is 0 Å². The van der Waals surface area contributed by atoms with Crippen LogP contribution in [0.2, 0.25) is 5.02 Å². The molecule has 0 unspecified atom stereocenters. The Morgan fingerprint density at radius 3 is 2.78 bits per heavy atom. The topological polar surface area (TPSA) is 100 Å². The highest BCUT2D eigenvalue weighted by Crippen LogP contribution is 2.34. The second-order valence-corrected chi connectivity index (χ2v) is 8.43. The van der Waals surface area contributed by atoms with Crippen molar-refractivity contribution in [3.05, 3.63) is 52.7 Å². The van der Waals surface area contributed by atoms with Crippen LogP contribution in [0.15, 0.2) is 42.1 Å². The van der Waals surface area contributed by atoms with Gasteiger partial charge in [-0.25, -0.2) is 4.98 Å². The number of carbonyl (C=O) groups is 2. The fraction of sp³-hybridized carbons (Fsp3) is 0.304. The van der Waals surface area contributed by atoms with E-state index in [1.807, 2.05) is 30.3 Å². The smallest absolute Gasteiger partial charge is 0.254 e. The van der Waals surface area contributed by atoms with Crippen molar-refractivity contribution in [2.24, 2.45) is 5.92 Å². The summed E-state index contributed by atoms with van der Waals surface area (Å²) >= 11 is 6.12. The molecule has 3 aromatic rings. The fourth-order valence-corrected chi connectivity index (χ4v) is 3.91. The quantitative estimate of drug-likeness (QED) is 0.378. The van der Waals surface area contributed by atoms with E-state index >= 15 is 0 Å². The summed E-state index contributed by atoms with van der Waals surface area (Å²) in [4.78, 5) is 28.3. The third-order valence-electron chi connectivity index (χ3n) is 5.53. The van der Waals surface area contributed by atoms with Crippen molar-refractivity contribution in [2.75, 3.05) is 10.6 Å². The zero-order valence-electron chi connectivity index (χ0n) is 16.9. The summed E-state index contributed by atoms with van der Waals surface area (Å²) in [5.74, 6) is 1.39. The summed E-state index contributed by atoms with van der Waals surface area (Å²) in [7, 11) is 0. The lowest BCUT2D eigenvalue weighted by Gasteiger charge is -2.17. The van der Waals surface area contributed by atoms with Gasteiger partial charge in [-0.2, -0.15) is 9.61 Å². The van der Waals surface area contributed by atoms with Crippen molar-refractivity contribution in [1.29, 1.82) is 0 Å². The minimum Gasteiger partial charge on any atom is -0.367 e. The van der Waals surface area contributed by atoms with E-state index in [-0.39, 0.29) is 25.7 Å². The molecule has 5 rings (SSSR count). The molecule has 1 atom stereocenters. The molecule has 2 aliphatic rings. The molecule has 9 heteroatoms. The molecule has 32 heavy (non-hydrogen) atoms. The van der Waals surface area contributed by atoms with Gasteiger partial charge in [-0.3, -0.25) is 14.9 Å². The summed E-state index contributed by atoms with van der Waals surface area (Å²) in [6.45, 7) is 2.16. The number of nitrogens with zero attached hydrogens (tertiary/aromatic N) is 3. The van der Waals surface area contributed by atoms with E-state index in [9.17, 15) is 9.59 Å². The number of anilines is 3. The van der Waals surface area contributed by atoms with Crippen LogP contribution >= 0.6 is 11.6 Å². The Labute approximate surface area is 191 Å². The summed E-state index contributed by atoms with van der Waals surface area (Å²) in [5.41, 5.74) is 2.45. The molecule has 0 spiro atoms. The lowest BCUT2D eigenvalue weighted by atomic mass is 10.1. The van der Waals surface area contributed by atoms with Crippen molar-refractivity contribution in [3.8, 4) is 0 Å². The molecular formula is C23H25ClN6O2. The van der Waals surface area contributed by atoms with Gasteiger partial charge in [0.1, 0.15) is 11.6 Å². The highest BCUT2D eigenvalue weighted by atomic mass is 35.5. The first kappa shape index (κ1) is 21.8. The number of fused-ring (bicyclic) bond motifs is 1. The molecule has 166 valence electrons. The maximum Gasteiger partial charge on any atom is 0.254 e. The van der Waals surface area contributed by atoms with E-state index < -0.39 is 0 Å². The molecule has 8 nitrogen and oxygen atoms in total. The molecule has 3 heterocycles. The van der Waals surface area contributed by atoms with Crippen molar-refractivity contribution >= 4 is 52.5 Å². The van der Waals surface area contributed by atoms with Gasteiger partial charge in [0, 0.05) is 34.0 Å². The van der Waals surface area contributed by atoms with Gasteiger partial charge in [-0.1, -0.05) is 25.1 Å². The average Bonchev–Trinajstić information content (AvgIpc) is 3.42. The second-order valence-electron chi connectivity index (χ2n) is 7.99. The maximum atomic E-state index is 12.0. The Balaban J connectivity index is 0.00000245. The van der Waals surface area contributed by atoms with Crippen molar-refractivity contribution in [1.82, 2.24) is 19.9 Å². The predicted octanol–water partition coefficient (Wildman–Crippen LogP) is 4.40. The van der Waals surface area contributed by atoms with Crippen LogP contribution in [0.5, 0.6) is 0 Å². The Morgan fingerprint density at radius 1 is 1.28 bits per heavy atom. The minimum atomic E-state index is -0.377. The van der Waals surface area contributed by atoms with Crippen LogP contribution in [-0.2, 0) is 9.59 Å². The molecule has 3 N–H and O–H groups in total. The van der Waals surface area contributed by atoms with Crippen LogP contribution in [0, 0.1) is 5.92 Å². The van der Waals surface area contributed by atoms with Crippen LogP contribution in [-0.4, -0.2) is 32.5 Å².